The van der Waals surface area contributed by atoms with Crippen molar-refractivity contribution in [1.82, 2.24) is 19.9 Å². The van der Waals surface area contributed by atoms with E-state index >= 15 is 0 Å². The molecule has 154 valence electrons. The number of halogens is 3. The first-order valence-corrected chi connectivity index (χ1v) is 9.77. The van der Waals surface area contributed by atoms with Gasteiger partial charge in [0.15, 0.2) is 0 Å². The van der Waals surface area contributed by atoms with Crippen molar-refractivity contribution in [3.63, 3.8) is 0 Å². The average Bonchev–Trinajstić information content (AvgIpc) is 3.20. The molecule has 1 fully saturated rings. The van der Waals surface area contributed by atoms with Crippen molar-refractivity contribution in [3.8, 4) is 11.1 Å². The molecule has 0 amide bonds. The van der Waals surface area contributed by atoms with Crippen LogP contribution >= 0.6 is 0 Å². The maximum Gasteiger partial charge on any atom is 0.416 e. The molecule has 5 rings (SSSR count). The molecule has 2 aromatic carbocycles. The molecule has 0 bridgehead atoms. The summed E-state index contributed by atoms with van der Waals surface area (Å²) in [6.07, 6.45) is -1.08. The van der Waals surface area contributed by atoms with E-state index in [9.17, 15) is 13.2 Å². The van der Waals surface area contributed by atoms with Crippen molar-refractivity contribution in [1.29, 1.82) is 0 Å². The second-order valence-corrected chi connectivity index (χ2v) is 7.69. The molecule has 8 heteroatoms. The quantitative estimate of drug-likeness (QED) is 0.526. The standard InChI is InChI=1S/C22H20F3N5/c1-29-6-8-30(9-7-29)20-13-27-19-12-16(22(23,24)25)11-17(21(19)28-20)15-3-2-14-4-5-26-18(14)10-15/h2-5,10-13,26H,6-9H2,1H3. The molecule has 0 saturated carbocycles. The van der Waals surface area contributed by atoms with Crippen LogP contribution in [0.1, 0.15) is 5.56 Å². The minimum atomic E-state index is -4.46. The topological polar surface area (TPSA) is 48.0 Å². The summed E-state index contributed by atoms with van der Waals surface area (Å²) in [6, 6.07) is 9.76. The summed E-state index contributed by atoms with van der Waals surface area (Å²) in [7, 11) is 2.07. The summed E-state index contributed by atoms with van der Waals surface area (Å²) in [5.74, 6) is 0.692. The molecule has 0 spiro atoms. The van der Waals surface area contributed by atoms with Crippen LogP contribution in [0.2, 0.25) is 0 Å². The summed E-state index contributed by atoms with van der Waals surface area (Å²) < 4.78 is 40.7. The first-order valence-electron chi connectivity index (χ1n) is 9.77. The molecule has 4 aromatic rings. The number of likely N-dealkylation sites (N-methyl/N-ethyl adjacent to an activating group) is 1. The molecule has 0 radical (unpaired) electrons. The lowest BCUT2D eigenvalue weighted by Gasteiger charge is -2.33. The van der Waals surface area contributed by atoms with Crippen LogP contribution in [-0.2, 0) is 6.18 Å². The highest BCUT2D eigenvalue weighted by Gasteiger charge is 2.32. The van der Waals surface area contributed by atoms with Gasteiger partial charge in [-0.15, -0.1) is 0 Å². The Labute approximate surface area is 171 Å². The highest BCUT2D eigenvalue weighted by molar-refractivity contribution is 5.95. The number of fused-ring (bicyclic) bond motifs is 2. The fourth-order valence-corrected chi connectivity index (χ4v) is 3.89. The Morgan fingerprint density at radius 1 is 1.00 bits per heavy atom. The van der Waals surface area contributed by atoms with E-state index in [1.165, 1.54) is 6.07 Å². The molecule has 5 nitrogen and oxygen atoms in total. The number of nitrogens with one attached hydrogen (secondary N) is 1. The number of aromatic nitrogens is 3. The molecular formula is C22H20F3N5. The lowest BCUT2D eigenvalue weighted by Crippen LogP contribution is -2.44. The fourth-order valence-electron chi connectivity index (χ4n) is 3.89. The average molecular weight is 411 g/mol. The first-order chi connectivity index (χ1) is 14.4. The Kier molecular flexibility index (Phi) is 4.39. The van der Waals surface area contributed by atoms with Gasteiger partial charge >= 0.3 is 6.18 Å². The van der Waals surface area contributed by atoms with E-state index in [0.29, 0.717) is 22.5 Å². The van der Waals surface area contributed by atoms with Gasteiger partial charge in [0, 0.05) is 43.5 Å². The van der Waals surface area contributed by atoms with E-state index in [1.807, 2.05) is 30.5 Å². The van der Waals surface area contributed by atoms with E-state index < -0.39 is 11.7 Å². The lowest BCUT2D eigenvalue weighted by molar-refractivity contribution is -0.137. The number of benzene rings is 2. The maximum atomic E-state index is 13.6. The summed E-state index contributed by atoms with van der Waals surface area (Å²) >= 11 is 0. The normalized spacial score (nSPS) is 15.9. The van der Waals surface area contributed by atoms with Gasteiger partial charge < -0.3 is 14.8 Å². The van der Waals surface area contributed by atoms with Gasteiger partial charge in [0.2, 0.25) is 0 Å². The second-order valence-electron chi connectivity index (χ2n) is 7.69. The minimum absolute atomic E-state index is 0.240. The third kappa shape index (κ3) is 3.37. The van der Waals surface area contributed by atoms with E-state index in [2.05, 4.69) is 26.8 Å². The summed E-state index contributed by atoms with van der Waals surface area (Å²) in [4.78, 5) is 16.6. The molecule has 2 aromatic heterocycles. The predicted octanol–water partition coefficient (Wildman–Crippen LogP) is 4.55. The van der Waals surface area contributed by atoms with Gasteiger partial charge in [0.25, 0.3) is 0 Å². The Morgan fingerprint density at radius 3 is 2.57 bits per heavy atom. The number of aromatic amines is 1. The fraction of sp³-hybridized carbons (Fsp3) is 0.273. The number of H-pyrrole nitrogens is 1. The molecular weight excluding hydrogens is 391 g/mol. The summed E-state index contributed by atoms with van der Waals surface area (Å²) in [6.45, 7) is 3.42. The van der Waals surface area contributed by atoms with Crippen LogP contribution in [0.15, 0.2) is 48.8 Å². The molecule has 1 saturated heterocycles. The zero-order chi connectivity index (χ0) is 20.9. The van der Waals surface area contributed by atoms with Gasteiger partial charge in [-0.2, -0.15) is 13.2 Å². The molecule has 30 heavy (non-hydrogen) atoms. The maximum absolute atomic E-state index is 13.6. The molecule has 0 atom stereocenters. The zero-order valence-electron chi connectivity index (χ0n) is 16.4. The number of anilines is 1. The third-order valence-electron chi connectivity index (χ3n) is 5.66. The third-order valence-corrected chi connectivity index (χ3v) is 5.66. The van der Waals surface area contributed by atoms with Crippen molar-refractivity contribution in [3.05, 3.63) is 54.4 Å². The number of alkyl halides is 3. The molecule has 0 unspecified atom stereocenters. The number of hydrogen-bond acceptors (Lipinski definition) is 4. The largest absolute Gasteiger partial charge is 0.416 e. The smallest absolute Gasteiger partial charge is 0.361 e. The summed E-state index contributed by atoms with van der Waals surface area (Å²) in [5, 5.41) is 0.999. The highest BCUT2D eigenvalue weighted by atomic mass is 19.4. The molecule has 3 heterocycles. The van der Waals surface area contributed by atoms with Gasteiger partial charge in [0.05, 0.1) is 22.8 Å². The van der Waals surface area contributed by atoms with Crippen molar-refractivity contribution in [2.75, 3.05) is 38.1 Å². The van der Waals surface area contributed by atoms with Crippen molar-refractivity contribution in [2.24, 2.45) is 0 Å². The highest BCUT2D eigenvalue weighted by Crippen LogP contribution is 2.37. The Bertz CT molecular complexity index is 1220. The molecule has 1 N–H and O–H groups in total. The Hall–Kier alpha value is -3.13. The minimum Gasteiger partial charge on any atom is -0.361 e. The van der Waals surface area contributed by atoms with Crippen LogP contribution in [0.4, 0.5) is 19.0 Å². The van der Waals surface area contributed by atoms with Crippen LogP contribution in [0.3, 0.4) is 0 Å². The molecule has 1 aliphatic heterocycles. The lowest BCUT2D eigenvalue weighted by atomic mass is 9.99. The number of nitrogens with zero attached hydrogens (tertiary/aromatic N) is 4. The first kappa shape index (κ1) is 18.9. The van der Waals surface area contributed by atoms with Crippen LogP contribution in [0.5, 0.6) is 0 Å². The van der Waals surface area contributed by atoms with E-state index in [4.69, 9.17) is 4.98 Å². The summed E-state index contributed by atoms with van der Waals surface area (Å²) in [5.41, 5.74) is 1.96. The number of rotatable bonds is 2. The van der Waals surface area contributed by atoms with Gasteiger partial charge in [0.1, 0.15) is 5.82 Å². The van der Waals surface area contributed by atoms with Crippen LogP contribution in [0.25, 0.3) is 33.1 Å². The van der Waals surface area contributed by atoms with Crippen LogP contribution in [-0.4, -0.2) is 53.1 Å². The van der Waals surface area contributed by atoms with Gasteiger partial charge in [-0.1, -0.05) is 12.1 Å². The Morgan fingerprint density at radius 2 is 1.80 bits per heavy atom. The van der Waals surface area contributed by atoms with E-state index in [1.54, 1.807) is 6.20 Å². The van der Waals surface area contributed by atoms with Crippen molar-refractivity contribution >= 4 is 27.8 Å². The van der Waals surface area contributed by atoms with E-state index in [0.717, 1.165) is 43.1 Å². The van der Waals surface area contributed by atoms with Gasteiger partial charge in [-0.05, 0) is 42.3 Å². The van der Waals surface area contributed by atoms with Crippen molar-refractivity contribution < 1.29 is 13.2 Å². The molecule has 0 aliphatic carbocycles. The van der Waals surface area contributed by atoms with Crippen molar-refractivity contribution in [2.45, 2.75) is 6.18 Å². The van der Waals surface area contributed by atoms with Crippen LogP contribution in [0, 0.1) is 0 Å². The van der Waals surface area contributed by atoms with Gasteiger partial charge in [-0.3, -0.25) is 4.98 Å². The second kappa shape index (κ2) is 6.98. The Balaban J connectivity index is 1.69. The number of piperazine rings is 1. The molecule has 1 aliphatic rings. The SMILES string of the molecule is CN1CCN(c2cnc3cc(C(F)(F)F)cc(-c4ccc5cc[nH]c5c4)c3n2)CC1. The predicted molar refractivity (Wildman–Crippen MR) is 112 cm³/mol. The zero-order valence-corrected chi connectivity index (χ0v) is 16.4. The van der Waals surface area contributed by atoms with Gasteiger partial charge in [-0.25, -0.2) is 4.98 Å². The monoisotopic (exact) mass is 411 g/mol. The van der Waals surface area contributed by atoms with E-state index in [-0.39, 0.29) is 5.52 Å². The van der Waals surface area contributed by atoms with Crippen LogP contribution < -0.4 is 4.90 Å². The number of hydrogen-bond donors (Lipinski definition) is 1.